The van der Waals surface area contributed by atoms with Crippen molar-refractivity contribution < 1.29 is 4.79 Å². The molecule has 0 fully saturated rings. The van der Waals surface area contributed by atoms with Gasteiger partial charge in [-0.05, 0) is 56.2 Å². The zero-order valence-electron chi connectivity index (χ0n) is 15.8. The average Bonchev–Trinajstić information content (AvgIpc) is 2.66. The highest BCUT2D eigenvalue weighted by atomic mass is 35.5. The van der Waals surface area contributed by atoms with Crippen molar-refractivity contribution in [2.75, 3.05) is 6.54 Å². The van der Waals surface area contributed by atoms with Crippen molar-refractivity contribution in [1.82, 2.24) is 5.32 Å². The van der Waals surface area contributed by atoms with Crippen LogP contribution in [0.4, 0.5) is 0 Å². The Morgan fingerprint density at radius 2 is 1.66 bits per heavy atom. The van der Waals surface area contributed by atoms with Crippen LogP contribution in [0.5, 0.6) is 0 Å². The number of carbonyl (C=O) groups is 1. The van der Waals surface area contributed by atoms with Gasteiger partial charge in [-0.2, -0.15) is 5.10 Å². The van der Waals surface area contributed by atoms with Gasteiger partial charge in [0.05, 0.1) is 25.6 Å². The Balaban J connectivity index is 2.00. The van der Waals surface area contributed by atoms with Gasteiger partial charge in [0.25, 0.3) is 5.91 Å². The van der Waals surface area contributed by atoms with Crippen LogP contribution < -0.4 is 11.2 Å². The van der Waals surface area contributed by atoms with Crippen LogP contribution in [0.25, 0.3) is 0 Å². The summed E-state index contributed by atoms with van der Waals surface area (Å²) in [6.45, 7) is 4.05. The second kappa shape index (κ2) is 10.3. The molecule has 0 aliphatic rings. The smallest absolute Gasteiger partial charge is 0.252 e. The molecule has 5 nitrogen and oxygen atoms in total. The van der Waals surface area contributed by atoms with E-state index in [2.05, 4.69) is 15.4 Å². The van der Waals surface area contributed by atoms with Crippen LogP contribution in [0.1, 0.15) is 29.8 Å². The second-order valence-electron chi connectivity index (χ2n) is 6.76. The van der Waals surface area contributed by atoms with Crippen LogP contribution in [0.15, 0.2) is 46.5 Å². The van der Waals surface area contributed by atoms with Gasteiger partial charge in [0, 0.05) is 18.3 Å². The molecule has 9 heteroatoms. The largest absolute Gasteiger partial charge is 0.341 e. The summed E-state index contributed by atoms with van der Waals surface area (Å²) in [5, 5.41) is 8.33. The lowest BCUT2D eigenvalue weighted by Gasteiger charge is -2.25. The summed E-state index contributed by atoms with van der Waals surface area (Å²) in [7, 11) is 0. The quantitative estimate of drug-likeness (QED) is 0.319. The van der Waals surface area contributed by atoms with Gasteiger partial charge in [0.15, 0.2) is 0 Å². The standard InChI is InChI=1S/C20H20Cl4N4O/c1-20(2,27-19(29)13-4-6-15(22)17(24)10-13)18(28-25)11-26-8-7-12-3-5-14(21)16(23)9-12/h3-6,9-11H,7-8,25H2,1-2H3,(H,27,29)/b26-11?,28-18+. The first kappa shape index (κ1) is 23.5. The van der Waals surface area contributed by atoms with E-state index in [1.807, 2.05) is 6.07 Å². The van der Waals surface area contributed by atoms with Crippen molar-refractivity contribution >= 4 is 64.2 Å². The molecule has 2 rings (SSSR count). The number of hydrogen-bond donors (Lipinski definition) is 2. The Bertz CT molecular complexity index is 957. The first-order valence-corrected chi connectivity index (χ1v) is 10.1. The third-order valence-corrected chi connectivity index (χ3v) is 5.59. The number of carbonyl (C=O) groups excluding carboxylic acids is 1. The zero-order chi connectivity index (χ0) is 21.6. The molecule has 0 unspecified atom stereocenters. The Hall–Kier alpha value is -1.79. The van der Waals surface area contributed by atoms with Gasteiger partial charge in [-0.15, -0.1) is 0 Å². The molecule has 0 radical (unpaired) electrons. The lowest BCUT2D eigenvalue weighted by atomic mass is 9.98. The molecule has 0 aliphatic carbocycles. The van der Waals surface area contributed by atoms with Gasteiger partial charge in [-0.3, -0.25) is 9.79 Å². The summed E-state index contributed by atoms with van der Waals surface area (Å²) in [5.41, 5.74) is 0.945. The number of halogens is 4. The highest BCUT2D eigenvalue weighted by Crippen LogP contribution is 2.23. The number of rotatable bonds is 7. The summed E-state index contributed by atoms with van der Waals surface area (Å²) in [4.78, 5) is 16.9. The van der Waals surface area contributed by atoms with Gasteiger partial charge in [0.2, 0.25) is 0 Å². The summed E-state index contributed by atoms with van der Waals surface area (Å²) in [6.07, 6.45) is 2.22. The van der Waals surface area contributed by atoms with E-state index in [0.29, 0.717) is 44.3 Å². The fourth-order valence-electron chi connectivity index (χ4n) is 2.45. The number of nitrogens with zero attached hydrogens (tertiary/aromatic N) is 2. The predicted molar refractivity (Wildman–Crippen MR) is 123 cm³/mol. The second-order valence-corrected chi connectivity index (χ2v) is 8.38. The van der Waals surface area contributed by atoms with E-state index in [0.717, 1.165) is 5.56 Å². The summed E-state index contributed by atoms with van der Waals surface area (Å²) >= 11 is 23.8. The van der Waals surface area contributed by atoms with Crippen molar-refractivity contribution in [2.45, 2.75) is 25.8 Å². The monoisotopic (exact) mass is 472 g/mol. The normalized spacial score (nSPS) is 12.4. The molecular formula is C20H20Cl4N4O. The molecule has 0 bridgehead atoms. The number of amides is 1. The van der Waals surface area contributed by atoms with Crippen LogP contribution in [0.3, 0.4) is 0 Å². The molecule has 29 heavy (non-hydrogen) atoms. The predicted octanol–water partition coefficient (Wildman–Crippen LogP) is 5.44. The summed E-state index contributed by atoms with van der Waals surface area (Å²) in [6, 6.07) is 10.1. The van der Waals surface area contributed by atoms with Gasteiger partial charge in [-0.25, -0.2) is 0 Å². The van der Waals surface area contributed by atoms with E-state index in [4.69, 9.17) is 52.2 Å². The lowest BCUT2D eigenvalue weighted by molar-refractivity contribution is 0.0932. The lowest BCUT2D eigenvalue weighted by Crippen LogP contribution is -2.50. The first-order valence-electron chi connectivity index (χ1n) is 8.63. The topological polar surface area (TPSA) is 79.8 Å². The average molecular weight is 474 g/mol. The van der Waals surface area contributed by atoms with Crippen molar-refractivity contribution in [3.05, 3.63) is 67.6 Å². The Morgan fingerprint density at radius 3 is 2.24 bits per heavy atom. The van der Waals surface area contributed by atoms with E-state index in [1.165, 1.54) is 6.07 Å². The molecule has 0 heterocycles. The number of hydrogen-bond acceptors (Lipinski definition) is 4. The summed E-state index contributed by atoms with van der Waals surface area (Å²) in [5.74, 6) is 5.19. The van der Waals surface area contributed by atoms with Crippen LogP contribution >= 0.6 is 46.4 Å². The zero-order valence-corrected chi connectivity index (χ0v) is 18.9. The number of nitrogens with one attached hydrogen (secondary N) is 1. The maximum absolute atomic E-state index is 12.5. The maximum atomic E-state index is 12.5. The molecule has 3 N–H and O–H groups in total. The minimum Gasteiger partial charge on any atom is -0.341 e. The Labute approximate surface area is 189 Å². The highest BCUT2D eigenvalue weighted by Gasteiger charge is 2.27. The molecule has 1 amide bonds. The number of benzene rings is 2. The van der Waals surface area contributed by atoms with E-state index in [9.17, 15) is 4.79 Å². The van der Waals surface area contributed by atoms with Crippen molar-refractivity contribution in [1.29, 1.82) is 0 Å². The SMILES string of the molecule is CC(C)(NC(=O)c1ccc(Cl)c(Cl)c1)/C(C=NCCc1ccc(Cl)c(Cl)c1)=N/N. The van der Waals surface area contributed by atoms with Gasteiger partial charge in [-0.1, -0.05) is 52.5 Å². The van der Waals surface area contributed by atoms with Crippen molar-refractivity contribution in [3.8, 4) is 0 Å². The molecule has 0 aliphatic heterocycles. The molecule has 0 saturated heterocycles. The molecule has 154 valence electrons. The third kappa shape index (κ3) is 6.61. The Morgan fingerprint density at radius 1 is 1.03 bits per heavy atom. The minimum atomic E-state index is -0.856. The first-order chi connectivity index (χ1) is 13.6. The van der Waals surface area contributed by atoms with E-state index in [1.54, 1.807) is 44.3 Å². The molecular weight excluding hydrogens is 454 g/mol. The maximum Gasteiger partial charge on any atom is 0.252 e. The summed E-state index contributed by atoms with van der Waals surface area (Å²) < 4.78 is 0. The molecule has 0 atom stereocenters. The van der Waals surface area contributed by atoms with Gasteiger partial charge < -0.3 is 11.2 Å². The Kier molecular flexibility index (Phi) is 8.34. The fourth-order valence-corrected chi connectivity index (χ4v) is 3.07. The molecule has 2 aromatic rings. The molecule has 0 saturated carbocycles. The molecule has 0 aromatic heterocycles. The van der Waals surface area contributed by atoms with E-state index in [-0.39, 0.29) is 5.91 Å². The van der Waals surface area contributed by atoms with Crippen LogP contribution in [-0.2, 0) is 6.42 Å². The number of nitrogens with two attached hydrogens (primary N) is 1. The van der Waals surface area contributed by atoms with E-state index < -0.39 is 5.54 Å². The van der Waals surface area contributed by atoms with Crippen LogP contribution in [0, 0.1) is 0 Å². The van der Waals surface area contributed by atoms with Crippen molar-refractivity contribution in [3.63, 3.8) is 0 Å². The van der Waals surface area contributed by atoms with Gasteiger partial charge in [0.1, 0.15) is 5.71 Å². The molecule has 0 spiro atoms. The number of hydrazone groups is 1. The fraction of sp³-hybridized carbons (Fsp3) is 0.250. The molecule has 2 aromatic carbocycles. The van der Waals surface area contributed by atoms with E-state index >= 15 is 0 Å². The van der Waals surface area contributed by atoms with Crippen molar-refractivity contribution in [2.24, 2.45) is 15.9 Å². The highest BCUT2D eigenvalue weighted by molar-refractivity contribution is 6.42. The third-order valence-electron chi connectivity index (χ3n) is 4.11. The number of aliphatic imine (C=N–C) groups is 1. The van der Waals surface area contributed by atoms with Crippen LogP contribution in [0.2, 0.25) is 20.1 Å². The van der Waals surface area contributed by atoms with Gasteiger partial charge >= 0.3 is 0 Å². The van der Waals surface area contributed by atoms with Crippen LogP contribution in [-0.4, -0.2) is 29.9 Å². The minimum absolute atomic E-state index is 0.300.